The summed E-state index contributed by atoms with van der Waals surface area (Å²) in [5.74, 6) is 5.13. The number of esters is 1. The Hall–Kier alpha value is -1.05. The lowest BCUT2D eigenvalue weighted by atomic mass is 9.47. The monoisotopic (exact) mass is 637 g/mol. The van der Waals surface area contributed by atoms with Crippen molar-refractivity contribution in [2.45, 2.75) is 196 Å². The van der Waals surface area contributed by atoms with Crippen LogP contribution in [0.15, 0.2) is 23.8 Å². The van der Waals surface area contributed by atoms with E-state index in [1.807, 2.05) is 5.57 Å². The molecule has 9 atom stereocenters. The number of unbranched alkanes of at least 4 members (excludes halogenated alkanes) is 12. The Morgan fingerprint density at radius 2 is 1.37 bits per heavy atom. The molecular formula is C44H76O2. The molecule has 3 fully saturated rings. The summed E-state index contributed by atoms with van der Waals surface area (Å²) in [5.41, 5.74) is 2.69. The van der Waals surface area contributed by atoms with Gasteiger partial charge in [-0.15, -0.1) is 0 Å². The number of rotatable bonds is 19. The minimum absolute atomic E-state index is 0.0695. The largest absolute Gasteiger partial charge is 0.462 e. The first-order valence-electron chi connectivity index (χ1n) is 20.7. The van der Waals surface area contributed by atoms with Crippen LogP contribution < -0.4 is 0 Å². The van der Waals surface area contributed by atoms with Crippen LogP contribution in [0, 0.1) is 52.3 Å². The van der Waals surface area contributed by atoms with E-state index in [1.165, 1.54) is 116 Å². The van der Waals surface area contributed by atoms with Crippen molar-refractivity contribution in [1.82, 2.24) is 0 Å². The SMILES string of the molecule is CCCCCCCCCCCCCCCC(=O)O[C@H]1CC[C@@]2(C)C(CC=C3C2CC[C@@]2(C)C3CC[C@@H]2[C@H](C)/C=C/[C@H](C)C(C)C)C1. The van der Waals surface area contributed by atoms with E-state index in [1.54, 1.807) is 0 Å². The maximum atomic E-state index is 12.8. The average Bonchev–Trinajstić information content (AvgIpc) is 3.39. The first-order valence-corrected chi connectivity index (χ1v) is 20.7. The van der Waals surface area contributed by atoms with Crippen molar-refractivity contribution in [1.29, 1.82) is 0 Å². The van der Waals surface area contributed by atoms with Crippen LogP contribution >= 0.6 is 0 Å². The number of ether oxygens (including phenoxy) is 1. The summed E-state index contributed by atoms with van der Waals surface area (Å²) < 4.78 is 6.14. The van der Waals surface area contributed by atoms with E-state index in [2.05, 4.69) is 66.7 Å². The lowest BCUT2D eigenvalue weighted by Crippen LogP contribution is -2.50. The molecule has 264 valence electrons. The highest BCUT2D eigenvalue weighted by Gasteiger charge is 2.58. The molecule has 0 aromatic heterocycles. The van der Waals surface area contributed by atoms with Gasteiger partial charge in [0.1, 0.15) is 6.10 Å². The van der Waals surface area contributed by atoms with Crippen molar-refractivity contribution >= 4 is 5.97 Å². The summed E-state index contributed by atoms with van der Waals surface area (Å²) in [6.45, 7) is 17.1. The van der Waals surface area contributed by atoms with Crippen LogP contribution in [-0.2, 0) is 9.53 Å². The quantitative estimate of drug-likeness (QED) is 0.0801. The van der Waals surface area contributed by atoms with Crippen molar-refractivity contribution in [3.63, 3.8) is 0 Å². The molecule has 0 aromatic carbocycles. The molecule has 0 saturated heterocycles. The van der Waals surface area contributed by atoms with E-state index < -0.39 is 0 Å². The molecule has 0 aromatic rings. The van der Waals surface area contributed by atoms with E-state index in [9.17, 15) is 4.79 Å². The third kappa shape index (κ3) is 9.55. The number of carbonyl (C=O) groups excluding carboxylic acids is 1. The number of fused-ring (bicyclic) bond motifs is 5. The zero-order valence-electron chi connectivity index (χ0n) is 31.7. The van der Waals surface area contributed by atoms with Crippen LogP contribution in [0.25, 0.3) is 0 Å². The Morgan fingerprint density at radius 1 is 0.783 bits per heavy atom. The Balaban J connectivity index is 1.16. The molecule has 0 N–H and O–H groups in total. The lowest BCUT2D eigenvalue weighted by molar-refractivity contribution is -0.155. The van der Waals surface area contributed by atoms with Crippen molar-refractivity contribution < 1.29 is 9.53 Å². The Morgan fingerprint density at radius 3 is 2.00 bits per heavy atom. The van der Waals surface area contributed by atoms with Crippen molar-refractivity contribution in [2.75, 3.05) is 0 Å². The number of allylic oxidation sites excluding steroid dienone is 4. The maximum Gasteiger partial charge on any atom is 0.306 e. The van der Waals surface area contributed by atoms with Crippen molar-refractivity contribution in [3.8, 4) is 0 Å². The average molecular weight is 637 g/mol. The molecule has 4 rings (SSSR count). The van der Waals surface area contributed by atoms with Crippen LogP contribution in [-0.4, -0.2) is 12.1 Å². The molecule has 4 aliphatic rings. The van der Waals surface area contributed by atoms with Gasteiger partial charge in [-0.1, -0.05) is 149 Å². The minimum atomic E-state index is 0.0695. The first-order chi connectivity index (χ1) is 22.1. The fraction of sp³-hybridized carbons (Fsp3) is 0.886. The van der Waals surface area contributed by atoms with Gasteiger partial charge in [-0.3, -0.25) is 4.79 Å². The zero-order valence-corrected chi connectivity index (χ0v) is 31.7. The van der Waals surface area contributed by atoms with Crippen molar-refractivity contribution in [2.24, 2.45) is 52.3 Å². The third-order valence-electron chi connectivity index (χ3n) is 14.3. The second kappa shape index (κ2) is 18.1. The highest BCUT2D eigenvalue weighted by atomic mass is 16.5. The maximum absolute atomic E-state index is 12.8. The molecular weight excluding hydrogens is 560 g/mol. The van der Waals surface area contributed by atoms with E-state index >= 15 is 0 Å². The van der Waals surface area contributed by atoms with Gasteiger partial charge in [0.05, 0.1) is 0 Å². The van der Waals surface area contributed by atoms with Crippen LogP contribution in [0.3, 0.4) is 0 Å². The molecule has 4 aliphatic carbocycles. The second-order valence-corrected chi connectivity index (χ2v) is 17.7. The van der Waals surface area contributed by atoms with E-state index in [0.717, 1.165) is 42.9 Å². The van der Waals surface area contributed by atoms with Crippen LogP contribution in [0.2, 0.25) is 0 Å². The predicted octanol–water partition coefficient (Wildman–Crippen LogP) is 13.4. The van der Waals surface area contributed by atoms with Gasteiger partial charge in [0.25, 0.3) is 0 Å². The van der Waals surface area contributed by atoms with Crippen LogP contribution in [0.4, 0.5) is 0 Å². The number of hydrogen-bond donors (Lipinski definition) is 0. The van der Waals surface area contributed by atoms with E-state index in [-0.39, 0.29) is 12.1 Å². The first kappa shape index (κ1) is 37.8. The topological polar surface area (TPSA) is 26.3 Å². The Labute approximate surface area is 286 Å². The van der Waals surface area contributed by atoms with E-state index in [4.69, 9.17) is 4.74 Å². The predicted molar refractivity (Wildman–Crippen MR) is 198 cm³/mol. The van der Waals surface area contributed by atoms with Gasteiger partial charge in [0.15, 0.2) is 0 Å². The number of carbonyl (C=O) groups is 1. The van der Waals surface area contributed by atoms with Gasteiger partial charge in [0, 0.05) is 6.42 Å². The summed E-state index contributed by atoms with van der Waals surface area (Å²) in [4.78, 5) is 12.8. The van der Waals surface area contributed by atoms with Crippen molar-refractivity contribution in [3.05, 3.63) is 23.8 Å². The summed E-state index contributed by atoms with van der Waals surface area (Å²) in [6, 6.07) is 0. The molecule has 0 aliphatic heterocycles. The normalized spacial score (nSPS) is 33.7. The van der Waals surface area contributed by atoms with Gasteiger partial charge in [-0.25, -0.2) is 0 Å². The second-order valence-electron chi connectivity index (χ2n) is 17.7. The van der Waals surface area contributed by atoms with Crippen LogP contribution in [0.5, 0.6) is 0 Å². The Bertz CT molecular complexity index is 976. The highest BCUT2D eigenvalue weighted by Crippen LogP contribution is 2.67. The standard InChI is InChI=1S/C44H76O2/c1-8-9-10-11-12-13-14-15-16-17-18-19-20-21-42(45)46-37-28-30-43(6)36(32-37)24-25-38-40-27-26-39(44(40,7)31-29-41(38)43)35(5)23-22-34(4)33(2)3/h22-23,25,33-37,39-41H,8-21,24,26-32H2,1-7H3/b23-22+/t34-,35+,36?,37-,39+,40?,41?,43-,44+/m0/s1. The van der Waals surface area contributed by atoms with Gasteiger partial charge < -0.3 is 4.74 Å². The molecule has 46 heavy (non-hydrogen) atoms. The molecule has 3 saturated carbocycles. The van der Waals surface area contributed by atoms with Gasteiger partial charge in [-0.2, -0.15) is 0 Å². The molecule has 0 radical (unpaired) electrons. The highest BCUT2D eigenvalue weighted by molar-refractivity contribution is 5.69. The molecule has 2 nitrogen and oxygen atoms in total. The fourth-order valence-electron chi connectivity index (χ4n) is 10.7. The summed E-state index contributed by atoms with van der Waals surface area (Å²) in [5, 5.41) is 0. The zero-order chi connectivity index (χ0) is 33.2. The summed E-state index contributed by atoms with van der Waals surface area (Å²) >= 11 is 0. The third-order valence-corrected chi connectivity index (χ3v) is 14.3. The molecule has 2 heteroatoms. The minimum Gasteiger partial charge on any atom is -0.462 e. The number of hydrogen-bond acceptors (Lipinski definition) is 2. The molecule has 0 bridgehead atoms. The fourth-order valence-corrected chi connectivity index (χ4v) is 10.7. The van der Waals surface area contributed by atoms with Gasteiger partial charge >= 0.3 is 5.97 Å². The van der Waals surface area contributed by atoms with Crippen LogP contribution in [0.1, 0.15) is 190 Å². The molecule has 0 amide bonds. The molecule has 0 heterocycles. The lowest BCUT2D eigenvalue weighted by Gasteiger charge is -2.58. The molecule has 3 unspecified atom stereocenters. The van der Waals surface area contributed by atoms with E-state index in [0.29, 0.717) is 35.0 Å². The molecule has 0 spiro atoms. The summed E-state index contributed by atoms with van der Waals surface area (Å²) in [7, 11) is 0. The van der Waals surface area contributed by atoms with Gasteiger partial charge in [-0.05, 0) is 110 Å². The Kier molecular flexibility index (Phi) is 14.8. The van der Waals surface area contributed by atoms with Gasteiger partial charge in [0.2, 0.25) is 0 Å². The smallest absolute Gasteiger partial charge is 0.306 e. The summed E-state index contributed by atoms with van der Waals surface area (Å²) in [6.07, 6.45) is 36.1.